The van der Waals surface area contributed by atoms with Crippen LogP contribution in [0.4, 0.5) is 0 Å². The molecule has 0 spiro atoms. The lowest BCUT2D eigenvalue weighted by Crippen LogP contribution is -2.42. The first-order valence-corrected chi connectivity index (χ1v) is 7.77. The zero-order valence-corrected chi connectivity index (χ0v) is 13.2. The molecule has 1 atom stereocenters. The van der Waals surface area contributed by atoms with Crippen molar-refractivity contribution in [2.24, 2.45) is 0 Å². The number of nitrogens with one attached hydrogen (secondary N) is 1. The summed E-state index contributed by atoms with van der Waals surface area (Å²) in [5.41, 5.74) is 2.47. The van der Waals surface area contributed by atoms with Crippen molar-refractivity contribution in [3.8, 4) is 0 Å². The SMILES string of the molecule is CC(=O)NCCN(Cc1cccc(C2CC2)c1)C(C)C(=O)O. The van der Waals surface area contributed by atoms with Crippen molar-refractivity contribution in [2.75, 3.05) is 13.1 Å². The number of aliphatic carboxylic acids is 1. The average Bonchev–Trinajstić information content (AvgIpc) is 3.30. The van der Waals surface area contributed by atoms with Crippen molar-refractivity contribution in [1.29, 1.82) is 0 Å². The van der Waals surface area contributed by atoms with Crippen LogP contribution in [0.1, 0.15) is 43.7 Å². The molecule has 1 aliphatic rings. The number of hydrogen-bond donors (Lipinski definition) is 2. The van der Waals surface area contributed by atoms with Crippen molar-refractivity contribution in [1.82, 2.24) is 10.2 Å². The Labute approximate surface area is 131 Å². The van der Waals surface area contributed by atoms with Gasteiger partial charge in [0.05, 0.1) is 0 Å². The quantitative estimate of drug-likeness (QED) is 0.770. The van der Waals surface area contributed by atoms with Gasteiger partial charge in [0.1, 0.15) is 6.04 Å². The van der Waals surface area contributed by atoms with Gasteiger partial charge in [0, 0.05) is 26.6 Å². The zero-order chi connectivity index (χ0) is 16.1. The van der Waals surface area contributed by atoms with Gasteiger partial charge in [-0.3, -0.25) is 14.5 Å². The minimum Gasteiger partial charge on any atom is -0.480 e. The van der Waals surface area contributed by atoms with Gasteiger partial charge in [-0.25, -0.2) is 0 Å². The number of hydrogen-bond acceptors (Lipinski definition) is 3. The number of nitrogens with zero attached hydrogens (tertiary/aromatic N) is 1. The molecule has 0 aromatic heterocycles. The van der Waals surface area contributed by atoms with Gasteiger partial charge < -0.3 is 10.4 Å². The number of carbonyl (C=O) groups excluding carboxylic acids is 1. The summed E-state index contributed by atoms with van der Waals surface area (Å²) in [4.78, 5) is 24.1. The van der Waals surface area contributed by atoms with Gasteiger partial charge in [-0.2, -0.15) is 0 Å². The minimum atomic E-state index is -0.846. The van der Waals surface area contributed by atoms with E-state index < -0.39 is 12.0 Å². The first-order valence-electron chi connectivity index (χ1n) is 7.77. The van der Waals surface area contributed by atoms with Gasteiger partial charge in [0.15, 0.2) is 0 Å². The van der Waals surface area contributed by atoms with Crippen LogP contribution >= 0.6 is 0 Å². The van der Waals surface area contributed by atoms with E-state index in [1.807, 2.05) is 17.0 Å². The van der Waals surface area contributed by atoms with Crippen molar-refractivity contribution in [3.05, 3.63) is 35.4 Å². The minimum absolute atomic E-state index is 0.0985. The highest BCUT2D eigenvalue weighted by Crippen LogP contribution is 2.40. The molecule has 1 amide bonds. The van der Waals surface area contributed by atoms with Crippen LogP contribution in [0.2, 0.25) is 0 Å². The molecular formula is C17H24N2O3. The second-order valence-corrected chi connectivity index (χ2v) is 5.99. The highest BCUT2D eigenvalue weighted by Gasteiger charge is 2.24. The topological polar surface area (TPSA) is 69.6 Å². The molecule has 2 rings (SSSR count). The summed E-state index contributed by atoms with van der Waals surface area (Å²) in [6.45, 7) is 4.69. The van der Waals surface area contributed by atoms with Crippen LogP contribution < -0.4 is 5.32 Å². The Morgan fingerprint density at radius 1 is 1.41 bits per heavy atom. The fourth-order valence-corrected chi connectivity index (χ4v) is 2.54. The number of benzene rings is 1. The summed E-state index contributed by atoms with van der Waals surface area (Å²) >= 11 is 0. The van der Waals surface area contributed by atoms with Crippen LogP contribution in [-0.4, -0.2) is 41.0 Å². The Hall–Kier alpha value is -1.88. The first kappa shape index (κ1) is 16.5. The Kier molecular flexibility index (Phi) is 5.55. The molecule has 1 aliphatic carbocycles. The summed E-state index contributed by atoms with van der Waals surface area (Å²) in [7, 11) is 0. The molecular weight excluding hydrogens is 280 g/mol. The van der Waals surface area contributed by atoms with E-state index in [1.165, 1.54) is 25.3 Å². The molecule has 1 aromatic carbocycles. The third-order valence-corrected chi connectivity index (χ3v) is 4.06. The number of carboxylic acids is 1. The normalized spacial score (nSPS) is 15.6. The van der Waals surface area contributed by atoms with Crippen LogP contribution in [0.3, 0.4) is 0 Å². The Morgan fingerprint density at radius 3 is 2.73 bits per heavy atom. The van der Waals surface area contributed by atoms with Gasteiger partial charge in [-0.1, -0.05) is 24.3 Å². The molecule has 2 N–H and O–H groups in total. The van der Waals surface area contributed by atoms with Crippen molar-refractivity contribution < 1.29 is 14.7 Å². The molecule has 0 radical (unpaired) electrons. The van der Waals surface area contributed by atoms with E-state index in [2.05, 4.69) is 17.4 Å². The molecule has 0 aliphatic heterocycles. The summed E-state index contributed by atoms with van der Waals surface area (Å²) < 4.78 is 0. The molecule has 120 valence electrons. The molecule has 1 unspecified atom stereocenters. The maximum absolute atomic E-state index is 11.3. The largest absolute Gasteiger partial charge is 0.480 e. The highest BCUT2D eigenvalue weighted by atomic mass is 16.4. The maximum Gasteiger partial charge on any atom is 0.320 e. The van der Waals surface area contributed by atoms with Gasteiger partial charge >= 0.3 is 5.97 Å². The molecule has 22 heavy (non-hydrogen) atoms. The monoisotopic (exact) mass is 304 g/mol. The second-order valence-electron chi connectivity index (χ2n) is 5.99. The Bertz CT molecular complexity index is 540. The van der Waals surface area contributed by atoms with Crippen LogP contribution in [0.15, 0.2) is 24.3 Å². The van der Waals surface area contributed by atoms with Crippen LogP contribution in [0.5, 0.6) is 0 Å². The lowest BCUT2D eigenvalue weighted by molar-refractivity contribution is -0.142. The van der Waals surface area contributed by atoms with Gasteiger partial charge in [-0.05, 0) is 36.8 Å². The molecule has 5 heteroatoms. The van der Waals surface area contributed by atoms with E-state index in [9.17, 15) is 14.7 Å². The van der Waals surface area contributed by atoms with E-state index in [0.717, 1.165) is 5.56 Å². The first-order chi connectivity index (χ1) is 10.5. The Morgan fingerprint density at radius 2 is 2.14 bits per heavy atom. The summed E-state index contributed by atoms with van der Waals surface area (Å²) in [5.74, 6) is -0.260. The van der Waals surface area contributed by atoms with Crippen molar-refractivity contribution >= 4 is 11.9 Å². The Balaban J connectivity index is 2.02. The zero-order valence-electron chi connectivity index (χ0n) is 13.2. The molecule has 0 heterocycles. The number of carbonyl (C=O) groups is 2. The van der Waals surface area contributed by atoms with Crippen molar-refractivity contribution in [3.63, 3.8) is 0 Å². The standard InChI is InChI=1S/C17H24N2O3/c1-12(17(21)22)19(9-8-18-13(2)20)11-14-4-3-5-16(10-14)15-6-7-15/h3-5,10,12,15H,6-9,11H2,1-2H3,(H,18,20)(H,21,22). The molecule has 0 bridgehead atoms. The van der Waals surface area contributed by atoms with E-state index in [0.29, 0.717) is 25.6 Å². The van der Waals surface area contributed by atoms with Crippen LogP contribution in [-0.2, 0) is 16.1 Å². The van der Waals surface area contributed by atoms with Gasteiger partial charge in [0.25, 0.3) is 0 Å². The molecule has 0 saturated heterocycles. The fourth-order valence-electron chi connectivity index (χ4n) is 2.54. The lowest BCUT2D eigenvalue weighted by atomic mass is 10.1. The highest BCUT2D eigenvalue weighted by molar-refractivity contribution is 5.73. The maximum atomic E-state index is 11.3. The summed E-state index contributed by atoms with van der Waals surface area (Å²) in [6.07, 6.45) is 2.50. The molecule has 5 nitrogen and oxygen atoms in total. The van der Waals surface area contributed by atoms with Crippen molar-refractivity contribution in [2.45, 2.75) is 45.2 Å². The van der Waals surface area contributed by atoms with Gasteiger partial charge in [0.2, 0.25) is 5.91 Å². The fraction of sp³-hybridized carbons (Fsp3) is 0.529. The summed E-state index contributed by atoms with van der Waals surface area (Å²) in [6, 6.07) is 7.81. The third kappa shape index (κ3) is 4.84. The molecule has 1 saturated carbocycles. The number of rotatable bonds is 8. The van der Waals surface area contributed by atoms with E-state index in [4.69, 9.17) is 0 Å². The van der Waals surface area contributed by atoms with Crippen LogP contribution in [0, 0.1) is 0 Å². The van der Waals surface area contributed by atoms with E-state index in [-0.39, 0.29) is 5.91 Å². The number of amides is 1. The molecule has 1 aromatic rings. The second kappa shape index (κ2) is 7.40. The smallest absolute Gasteiger partial charge is 0.320 e. The predicted octanol–water partition coefficient (Wildman–Crippen LogP) is 1.98. The average molecular weight is 304 g/mol. The molecule has 1 fully saturated rings. The van der Waals surface area contributed by atoms with Crippen LogP contribution in [0.25, 0.3) is 0 Å². The predicted molar refractivity (Wildman–Crippen MR) is 84.6 cm³/mol. The summed E-state index contributed by atoms with van der Waals surface area (Å²) in [5, 5.41) is 12.0. The number of carboxylic acid groups (broad SMARTS) is 1. The van der Waals surface area contributed by atoms with E-state index >= 15 is 0 Å². The third-order valence-electron chi connectivity index (χ3n) is 4.06. The van der Waals surface area contributed by atoms with Gasteiger partial charge in [-0.15, -0.1) is 0 Å². The lowest BCUT2D eigenvalue weighted by Gasteiger charge is -2.26. The van der Waals surface area contributed by atoms with E-state index in [1.54, 1.807) is 6.92 Å².